The third kappa shape index (κ3) is 8.41. The van der Waals surface area contributed by atoms with Gasteiger partial charge in [0.2, 0.25) is 0 Å². The van der Waals surface area contributed by atoms with Gasteiger partial charge in [0.25, 0.3) is 0 Å². The number of fused-ring (bicyclic) bond motifs is 7. The monoisotopic (exact) mass is 964 g/mol. The molecule has 18 heteroatoms. The molecule has 5 saturated heterocycles. The number of thiophene rings is 1. The fourth-order valence-electron chi connectivity index (χ4n) is 14.4. The Kier molecular flexibility index (Phi) is 13.7. The van der Waals surface area contributed by atoms with Gasteiger partial charge in [-0.2, -0.15) is 0 Å². The molecule has 5 aliphatic heterocycles. The van der Waals surface area contributed by atoms with Crippen LogP contribution < -0.4 is 0 Å². The van der Waals surface area contributed by atoms with Crippen molar-refractivity contribution in [3.05, 3.63) is 34.0 Å². The molecule has 25 atom stereocenters. The van der Waals surface area contributed by atoms with Crippen molar-refractivity contribution in [3.8, 4) is 0 Å². The highest BCUT2D eigenvalue weighted by molar-refractivity contribution is 7.11. The van der Waals surface area contributed by atoms with Crippen molar-refractivity contribution in [3.63, 3.8) is 0 Å². The summed E-state index contributed by atoms with van der Waals surface area (Å²) in [6.07, 6.45) is -9.52. The van der Waals surface area contributed by atoms with E-state index in [0.29, 0.717) is 53.2 Å². The van der Waals surface area contributed by atoms with Crippen molar-refractivity contribution < 1.29 is 83.2 Å². The van der Waals surface area contributed by atoms with Gasteiger partial charge in [-0.05, 0) is 110 Å². The van der Waals surface area contributed by atoms with Gasteiger partial charge in [-0.3, -0.25) is 0 Å². The summed E-state index contributed by atoms with van der Waals surface area (Å²) >= 11 is 1.18. The number of carbonyl (C=O) groups excluding carboxylic acids is 1. The Morgan fingerprint density at radius 1 is 0.806 bits per heavy atom. The number of ether oxygens (including phenoxy) is 9. The van der Waals surface area contributed by atoms with Crippen LogP contribution in [0.5, 0.6) is 0 Å². The summed E-state index contributed by atoms with van der Waals surface area (Å²) in [7, 11) is 0. The lowest BCUT2D eigenvalue weighted by Crippen LogP contribution is -2.65. The molecular weight excluding hydrogens is 893 g/mol. The van der Waals surface area contributed by atoms with E-state index in [9.17, 15) is 40.5 Å². The van der Waals surface area contributed by atoms with Crippen molar-refractivity contribution in [1.29, 1.82) is 0 Å². The van der Waals surface area contributed by atoms with Gasteiger partial charge in [-0.25, -0.2) is 4.79 Å². The van der Waals surface area contributed by atoms with Crippen LogP contribution in [0.25, 0.3) is 0 Å². The summed E-state index contributed by atoms with van der Waals surface area (Å²) in [4.78, 5) is 12.8. The lowest BCUT2D eigenvalue weighted by Gasteiger charge is -2.58. The molecule has 9 aliphatic rings. The SMILES string of the molecule is C[C@@H]1CC[C@@]2(OC1)OC1CC3C4CC=C5C[C@@H](O[C@@H]6O[C@H](CO)[C@@H](OC7O[C@@H](COC(=O)c8cccs8)[C@H](O)[C@H]7O)[C@H](O)[C@H]6OC6O[C@@H](C)[C@H](O)[C@@H](O)[C@H]6O)CC[C@]5(C)C4CC[C@]3(C)C1[C@@H]2C. The predicted octanol–water partition coefficient (Wildman–Crippen LogP) is 2.78. The predicted molar refractivity (Wildman–Crippen MR) is 236 cm³/mol. The van der Waals surface area contributed by atoms with Crippen molar-refractivity contribution in [1.82, 2.24) is 0 Å². The molecule has 8 fully saturated rings. The molecule has 67 heavy (non-hydrogen) atoms. The number of aliphatic hydroxyl groups is 7. The van der Waals surface area contributed by atoms with Gasteiger partial charge in [-0.1, -0.05) is 45.4 Å². The minimum Gasteiger partial charge on any atom is -0.459 e. The summed E-state index contributed by atoms with van der Waals surface area (Å²) in [6, 6.07) is 3.28. The summed E-state index contributed by atoms with van der Waals surface area (Å²) in [5.74, 6) is 1.94. The molecule has 1 spiro atoms. The second-order valence-corrected chi connectivity index (χ2v) is 22.9. The first kappa shape index (κ1) is 48.9. The fourth-order valence-corrected chi connectivity index (χ4v) is 15.1. The van der Waals surface area contributed by atoms with E-state index in [-0.39, 0.29) is 23.0 Å². The first-order valence-corrected chi connectivity index (χ1v) is 25.7. The molecule has 0 radical (unpaired) electrons. The smallest absolute Gasteiger partial charge is 0.348 e. The standard InChI is InChI=1S/C49H72O17S/c1-22-10-15-49(59-20-22)23(2)34-30(66-49)18-29-27-9-8-25-17-26(11-13-47(25,4)28(27)12-14-48(29,34)5)61-46-42(65-44-39(55)37(53)35(51)24(3)60-44)40(56)41(31(19-50)62-46)64-45-38(54)36(52)32(63-45)21-58-43(57)33-7-6-16-67-33/h6-8,16,22-24,26-32,34-42,44-46,50-56H,9-15,17-21H2,1-5H3/t22-,23+,24+,26+,27?,28?,29?,30?,31-,32+,34?,35+,36+,37-,38-,39-,40+,41-,42-,44?,45?,46-,47+,48+,49-/m1/s1. The number of allylic oxidation sites excluding steroid dienone is 1. The van der Waals surface area contributed by atoms with Crippen LogP contribution >= 0.6 is 11.3 Å². The van der Waals surface area contributed by atoms with Crippen molar-refractivity contribution in [2.45, 2.75) is 196 Å². The molecule has 0 bridgehead atoms. The Labute approximate surface area is 395 Å². The van der Waals surface area contributed by atoms with Gasteiger partial charge in [0.15, 0.2) is 24.7 Å². The summed E-state index contributed by atoms with van der Waals surface area (Å²) < 4.78 is 55.9. The second-order valence-electron chi connectivity index (χ2n) is 22.0. The normalized spacial score (nSPS) is 52.8. The maximum atomic E-state index is 12.5. The van der Waals surface area contributed by atoms with Crippen LogP contribution in [0.1, 0.15) is 102 Å². The van der Waals surface area contributed by atoms with Gasteiger partial charge in [0, 0.05) is 12.3 Å². The minimum atomic E-state index is -1.73. The maximum Gasteiger partial charge on any atom is 0.348 e. The molecule has 4 aliphatic carbocycles. The van der Waals surface area contributed by atoms with Crippen molar-refractivity contribution >= 4 is 17.3 Å². The molecule has 6 heterocycles. The molecule has 0 amide bonds. The average molecular weight is 965 g/mol. The van der Waals surface area contributed by atoms with Gasteiger partial charge in [0.1, 0.15) is 72.5 Å². The van der Waals surface area contributed by atoms with E-state index in [1.54, 1.807) is 17.5 Å². The number of hydrogen-bond donors (Lipinski definition) is 7. The van der Waals surface area contributed by atoms with Gasteiger partial charge in [-0.15, -0.1) is 11.3 Å². The number of esters is 1. The molecule has 10 rings (SSSR count). The van der Waals surface area contributed by atoms with E-state index >= 15 is 0 Å². The first-order valence-electron chi connectivity index (χ1n) is 24.8. The molecule has 7 N–H and O–H groups in total. The Balaban J connectivity index is 0.835. The summed E-state index contributed by atoms with van der Waals surface area (Å²) in [6.45, 7) is 10.8. The van der Waals surface area contributed by atoms with Crippen LogP contribution in [0, 0.1) is 46.3 Å². The van der Waals surface area contributed by atoms with E-state index in [1.807, 2.05) is 0 Å². The molecular formula is C49H72O17S. The zero-order valence-electron chi connectivity index (χ0n) is 39.1. The first-order chi connectivity index (χ1) is 32.0. The molecule has 1 aromatic heterocycles. The zero-order valence-corrected chi connectivity index (χ0v) is 39.9. The van der Waals surface area contributed by atoms with Crippen LogP contribution in [0.2, 0.25) is 0 Å². The number of rotatable bonds is 10. The number of aliphatic hydroxyl groups excluding tert-OH is 7. The highest BCUT2D eigenvalue weighted by Gasteiger charge is 2.69. The Hall–Kier alpha value is -1.69. The third-order valence-corrected chi connectivity index (χ3v) is 19.1. The lowest BCUT2D eigenvalue weighted by molar-refractivity contribution is -0.380. The van der Waals surface area contributed by atoms with Crippen LogP contribution in [0.3, 0.4) is 0 Å². The van der Waals surface area contributed by atoms with Crippen LogP contribution in [0.4, 0.5) is 0 Å². The fraction of sp³-hybridized carbons (Fsp3) is 0.857. The molecule has 7 unspecified atom stereocenters. The quantitative estimate of drug-likeness (QED) is 0.132. The third-order valence-electron chi connectivity index (χ3n) is 18.3. The van der Waals surface area contributed by atoms with Crippen LogP contribution in [-0.2, 0) is 42.6 Å². The minimum absolute atomic E-state index is 0.0342. The zero-order chi connectivity index (χ0) is 47.3. The molecule has 17 nitrogen and oxygen atoms in total. The highest BCUT2D eigenvalue weighted by atomic mass is 32.1. The Morgan fingerprint density at radius 3 is 2.28 bits per heavy atom. The van der Waals surface area contributed by atoms with E-state index in [2.05, 4.69) is 33.8 Å². The van der Waals surface area contributed by atoms with Crippen LogP contribution in [0.15, 0.2) is 29.2 Å². The van der Waals surface area contributed by atoms with E-state index < -0.39 is 111 Å². The summed E-state index contributed by atoms with van der Waals surface area (Å²) in [5, 5.41) is 78.5. The molecule has 376 valence electrons. The number of hydrogen-bond acceptors (Lipinski definition) is 18. The number of carbonyl (C=O) groups is 1. The van der Waals surface area contributed by atoms with Crippen molar-refractivity contribution in [2.24, 2.45) is 46.3 Å². The largest absolute Gasteiger partial charge is 0.459 e. The lowest BCUT2D eigenvalue weighted by atomic mass is 9.47. The van der Waals surface area contributed by atoms with Crippen LogP contribution in [-0.4, -0.2) is 166 Å². The molecule has 0 aromatic carbocycles. The topological polar surface area (TPSA) is 242 Å². The average Bonchev–Trinajstić information content (AvgIpc) is 4.08. The molecule has 1 aromatic rings. The van der Waals surface area contributed by atoms with Gasteiger partial charge in [0.05, 0.1) is 31.5 Å². The highest BCUT2D eigenvalue weighted by Crippen LogP contribution is 2.70. The van der Waals surface area contributed by atoms with E-state index in [1.165, 1.54) is 23.8 Å². The van der Waals surface area contributed by atoms with Gasteiger partial charge < -0.3 is 78.4 Å². The van der Waals surface area contributed by atoms with E-state index in [4.69, 9.17) is 42.6 Å². The Morgan fingerprint density at radius 2 is 1.55 bits per heavy atom. The van der Waals surface area contributed by atoms with Crippen molar-refractivity contribution in [2.75, 3.05) is 19.8 Å². The second kappa shape index (κ2) is 18.7. The Bertz CT molecular complexity index is 1930. The summed E-state index contributed by atoms with van der Waals surface area (Å²) in [5.41, 5.74) is 1.49. The van der Waals surface area contributed by atoms with Gasteiger partial charge >= 0.3 is 5.97 Å². The van der Waals surface area contributed by atoms with E-state index in [0.717, 1.165) is 51.6 Å². The molecule has 3 saturated carbocycles. The maximum absolute atomic E-state index is 12.5.